The first kappa shape index (κ1) is 57.3. The van der Waals surface area contributed by atoms with Crippen LogP contribution in [0.5, 0.6) is 0 Å². The highest BCUT2D eigenvalue weighted by atomic mass is 15.4. The van der Waals surface area contributed by atoms with E-state index in [4.69, 9.17) is 29.9 Å². The highest BCUT2D eigenvalue weighted by molar-refractivity contribution is 5.45. The lowest BCUT2D eigenvalue weighted by molar-refractivity contribution is 0.125. The topological polar surface area (TPSA) is 192 Å². The zero-order chi connectivity index (χ0) is 53.1. The maximum absolute atomic E-state index is 5.06. The summed E-state index contributed by atoms with van der Waals surface area (Å²) in [5, 5.41) is 33.4. The summed E-state index contributed by atoms with van der Waals surface area (Å²) in [5.74, 6) is 6.45. The number of rotatable bonds is 21. The summed E-state index contributed by atoms with van der Waals surface area (Å²) in [4.78, 5) is 34.6. The van der Waals surface area contributed by atoms with E-state index in [-0.39, 0.29) is 44.3 Å². The molecule has 0 aromatic carbocycles. The van der Waals surface area contributed by atoms with E-state index in [9.17, 15) is 0 Å². The van der Waals surface area contributed by atoms with E-state index < -0.39 is 0 Å². The smallest absolute Gasteiger partial charge is 0.232 e. The van der Waals surface area contributed by atoms with E-state index in [1.165, 1.54) is 0 Å². The number of hydrogen-bond donors (Lipinski definition) is 9. The Morgan fingerprint density at radius 3 is 0.836 bits per heavy atom. The molecule has 5 saturated heterocycles. The van der Waals surface area contributed by atoms with Crippen molar-refractivity contribution in [2.45, 2.75) is 232 Å². The fourth-order valence-corrected chi connectivity index (χ4v) is 15.3. The van der Waals surface area contributed by atoms with Gasteiger partial charge in [0.1, 0.15) is 0 Å². The van der Waals surface area contributed by atoms with Crippen LogP contribution in [0.2, 0.25) is 0 Å². The van der Waals surface area contributed by atoms with Gasteiger partial charge in [0.25, 0.3) is 0 Å². The molecule has 17 nitrogen and oxygen atoms in total. The number of piperazine rings is 1. The largest absolute Gasteiger partial charge is 0.354 e. The molecule has 0 amide bonds. The molecule has 7 rings (SSSR count). The Bertz CT molecular complexity index is 1900. The van der Waals surface area contributed by atoms with Crippen LogP contribution >= 0.6 is 0 Å². The number of nitrogens with one attached hydrogen (secondary N) is 9. The Balaban J connectivity index is 0.951. The number of nitrogens with zero attached hydrogens (tertiary/aromatic N) is 8. The molecule has 414 valence electrons. The van der Waals surface area contributed by atoms with E-state index in [1.807, 2.05) is 0 Å². The summed E-state index contributed by atoms with van der Waals surface area (Å²) >= 11 is 0. The fourth-order valence-electron chi connectivity index (χ4n) is 15.3. The Morgan fingerprint density at radius 1 is 0.342 bits per heavy atom. The van der Waals surface area contributed by atoms with Crippen LogP contribution in [0.4, 0.5) is 35.7 Å². The Morgan fingerprint density at radius 2 is 0.575 bits per heavy atom. The van der Waals surface area contributed by atoms with Crippen molar-refractivity contribution in [1.29, 1.82) is 0 Å². The van der Waals surface area contributed by atoms with Gasteiger partial charge in [-0.15, -0.1) is 0 Å². The van der Waals surface area contributed by atoms with Crippen LogP contribution in [-0.4, -0.2) is 145 Å². The SMILES string of the molecule is CC1(C)CC(CCNc2nc(NCCC3CC(C)(C)NC(C)(C)C3)nc(NCCN3CCN(c4nc(NCCC5CC(C)(C)NC(C)(C)C5)nc(NCCC5CC(C)(C)NC(C)(C)C5)n4)CC3)n2)CC(C)(C)N1. The van der Waals surface area contributed by atoms with Crippen molar-refractivity contribution < 1.29 is 0 Å². The Kier molecular flexibility index (Phi) is 17.8. The first-order valence-electron chi connectivity index (χ1n) is 28.7. The van der Waals surface area contributed by atoms with Crippen molar-refractivity contribution >= 4 is 35.7 Å². The Hall–Kier alpha value is -3.38. The second-order valence-corrected chi connectivity index (χ2v) is 28.9. The molecule has 2 aromatic rings. The number of anilines is 6. The van der Waals surface area contributed by atoms with Crippen LogP contribution in [-0.2, 0) is 0 Å². The van der Waals surface area contributed by atoms with Gasteiger partial charge in [0.15, 0.2) is 0 Å². The molecule has 0 saturated carbocycles. The minimum Gasteiger partial charge on any atom is -0.354 e. The summed E-state index contributed by atoms with van der Waals surface area (Å²) in [6.07, 6.45) is 13.6. The molecule has 0 atom stereocenters. The maximum atomic E-state index is 5.06. The molecule has 5 fully saturated rings. The summed E-state index contributed by atoms with van der Waals surface area (Å²) in [5.41, 5.74) is 0.996. The predicted molar refractivity (Wildman–Crippen MR) is 305 cm³/mol. The molecular weight excluding hydrogens is 911 g/mol. The van der Waals surface area contributed by atoms with Crippen molar-refractivity contribution in [3.8, 4) is 0 Å². The molecule has 7 heterocycles. The molecule has 0 spiro atoms. The summed E-state index contributed by atoms with van der Waals surface area (Å²) in [6, 6.07) is 0. The van der Waals surface area contributed by atoms with Gasteiger partial charge in [-0.05, 0) is 212 Å². The van der Waals surface area contributed by atoms with Gasteiger partial charge >= 0.3 is 0 Å². The lowest BCUT2D eigenvalue weighted by Gasteiger charge is -2.46. The van der Waals surface area contributed by atoms with Gasteiger partial charge in [0.2, 0.25) is 35.7 Å². The van der Waals surface area contributed by atoms with E-state index in [0.29, 0.717) is 53.4 Å². The van der Waals surface area contributed by atoms with Gasteiger partial charge in [0, 0.05) is 110 Å². The van der Waals surface area contributed by atoms with Crippen LogP contribution < -0.4 is 52.8 Å². The number of hydrogen-bond acceptors (Lipinski definition) is 17. The molecule has 0 unspecified atom stereocenters. The van der Waals surface area contributed by atoms with Gasteiger partial charge < -0.3 is 52.8 Å². The maximum Gasteiger partial charge on any atom is 0.232 e. The summed E-state index contributed by atoms with van der Waals surface area (Å²) in [6.45, 7) is 45.7. The van der Waals surface area contributed by atoms with Crippen molar-refractivity contribution in [1.82, 2.24) is 56.1 Å². The normalized spacial score (nSPS) is 25.0. The molecule has 73 heavy (non-hydrogen) atoms. The van der Waals surface area contributed by atoms with E-state index in [2.05, 4.69) is 168 Å². The highest BCUT2D eigenvalue weighted by Crippen LogP contribution is 2.38. The van der Waals surface area contributed by atoms with Gasteiger partial charge in [-0.1, -0.05) is 0 Å². The lowest BCUT2D eigenvalue weighted by atomic mass is 9.75. The fraction of sp³-hybridized carbons (Fsp3) is 0.893. The van der Waals surface area contributed by atoms with Crippen LogP contribution in [0.1, 0.15) is 188 Å². The molecule has 0 bridgehead atoms. The first-order chi connectivity index (χ1) is 33.9. The lowest BCUT2D eigenvalue weighted by Crippen LogP contribution is -2.57. The van der Waals surface area contributed by atoms with E-state index in [0.717, 1.165) is 148 Å². The van der Waals surface area contributed by atoms with Crippen molar-refractivity contribution in [3.63, 3.8) is 0 Å². The van der Waals surface area contributed by atoms with Gasteiger partial charge in [-0.3, -0.25) is 4.90 Å². The molecule has 0 radical (unpaired) electrons. The van der Waals surface area contributed by atoms with Crippen LogP contribution in [0.15, 0.2) is 0 Å². The number of aromatic nitrogens is 6. The zero-order valence-corrected chi connectivity index (χ0v) is 48.9. The average Bonchev–Trinajstić information content (AvgIpc) is 3.19. The second-order valence-electron chi connectivity index (χ2n) is 28.9. The minimum atomic E-state index is 0.124. The molecule has 5 aliphatic rings. The Labute approximate surface area is 442 Å². The van der Waals surface area contributed by atoms with Crippen LogP contribution in [0.25, 0.3) is 0 Å². The standard InChI is InChI=1S/C56H105N17/c1-49(2)31-39(32-50(3,4)68-49)17-21-57-43-62-44(58-22-18-40-33-51(5,6)69-52(7,8)34-40)64-45(63-43)61-25-26-72-27-29-73(30-28-72)48-66-46(59-23-19-41-35-53(9,10)70-54(11,12)36-41)65-47(67-48)60-24-20-42-37-55(13,14)71-56(15,16)38-42/h39-42,68-71H,17-38H2,1-16H3,(H2,59,60,65,66,67)(H3,57,58,61,62,63,64). The summed E-state index contributed by atoms with van der Waals surface area (Å²) in [7, 11) is 0. The third kappa shape index (κ3) is 18.4. The highest BCUT2D eigenvalue weighted by Gasteiger charge is 2.41. The van der Waals surface area contributed by atoms with E-state index >= 15 is 0 Å². The third-order valence-electron chi connectivity index (χ3n) is 16.1. The van der Waals surface area contributed by atoms with Crippen molar-refractivity contribution in [3.05, 3.63) is 0 Å². The molecule has 17 heteroatoms. The van der Waals surface area contributed by atoms with E-state index in [1.54, 1.807) is 0 Å². The molecule has 0 aliphatic carbocycles. The number of piperidine rings is 4. The van der Waals surface area contributed by atoms with Gasteiger partial charge in [-0.25, -0.2) is 0 Å². The molecular formula is C56H105N17. The van der Waals surface area contributed by atoms with Gasteiger partial charge in [-0.2, -0.15) is 29.9 Å². The summed E-state index contributed by atoms with van der Waals surface area (Å²) < 4.78 is 0. The van der Waals surface area contributed by atoms with Gasteiger partial charge in [0.05, 0.1) is 0 Å². The van der Waals surface area contributed by atoms with Crippen molar-refractivity contribution in [2.75, 3.05) is 96.9 Å². The second kappa shape index (κ2) is 22.7. The molecule has 2 aromatic heterocycles. The third-order valence-corrected chi connectivity index (χ3v) is 16.1. The first-order valence-corrected chi connectivity index (χ1v) is 28.7. The predicted octanol–water partition coefficient (Wildman–Crippen LogP) is 8.73. The van der Waals surface area contributed by atoms with Crippen LogP contribution in [0, 0.1) is 23.7 Å². The van der Waals surface area contributed by atoms with Crippen LogP contribution in [0.3, 0.4) is 0 Å². The molecule has 5 aliphatic heterocycles. The monoisotopic (exact) mass is 1020 g/mol. The van der Waals surface area contributed by atoms with Crippen molar-refractivity contribution in [2.24, 2.45) is 23.7 Å². The zero-order valence-electron chi connectivity index (χ0n) is 48.9. The average molecular weight is 1020 g/mol. The minimum absolute atomic E-state index is 0.124. The quantitative estimate of drug-likeness (QED) is 0.0576. The molecule has 9 N–H and O–H groups in total.